The molecule has 0 fully saturated rings. The third-order valence-electron chi connectivity index (χ3n) is 5.43. The summed E-state index contributed by atoms with van der Waals surface area (Å²) in [5.41, 5.74) is 2.86. The van der Waals surface area contributed by atoms with Crippen LogP contribution in [0.3, 0.4) is 0 Å². The van der Waals surface area contributed by atoms with E-state index in [2.05, 4.69) is 20.8 Å². The molecule has 1 aliphatic heterocycles. The Morgan fingerprint density at radius 3 is 2.32 bits per heavy atom. The van der Waals surface area contributed by atoms with Gasteiger partial charge in [-0.1, -0.05) is 30.3 Å². The second kappa shape index (κ2) is 10.7. The highest BCUT2D eigenvalue weighted by atomic mass is 16.6. The fourth-order valence-electron chi connectivity index (χ4n) is 3.59. The molecule has 4 N–H and O–H groups in total. The summed E-state index contributed by atoms with van der Waals surface area (Å²) in [6.07, 6.45) is -3.11. The van der Waals surface area contributed by atoms with Crippen molar-refractivity contribution in [1.29, 1.82) is 0 Å². The molecule has 0 aliphatic carbocycles. The average molecular weight is 504 g/mol. The molecule has 0 bridgehead atoms. The van der Waals surface area contributed by atoms with Crippen LogP contribution in [0, 0.1) is 20.2 Å². The topological polar surface area (TPSA) is 193 Å². The first-order valence-corrected chi connectivity index (χ1v) is 10.9. The van der Waals surface area contributed by atoms with Crippen LogP contribution in [0.25, 0.3) is 0 Å². The van der Waals surface area contributed by atoms with E-state index in [0.717, 1.165) is 5.56 Å². The number of hydrogen-bond acceptors (Lipinski definition) is 10. The molecule has 2 atom stereocenters. The molecule has 0 saturated carbocycles. The third kappa shape index (κ3) is 5.80. The molecule has 0 radical (unpaired) electrons. The summed E-state index contributed by atoms with van der Waals surface area (Å²) >= 11 is 0. The first-order valence-electron chi connectivity index (χ1n) is 10.9. The van der Waals surface area contributed by atoms with Crippen molar-refractivity contribution >= 4 is 40.1 Å². The van der Waals surface area contributed by atoms with E-state index in [1.807, 2.05) is 0 Å². The minimum absolute atomic E-state index is 0.00890. The number of anilines is 1. The largest absolute Gasteiger partial charge is 0.382 e. The number of non-ortho nitro benzene ring substituents is 2. The number of hydrogen-bond donors (Lipinski definition) is 4. The molecule has 0 spiro atoms. The molecule has 1 heterocycles. The highest BCUT2D eigenvalue weighted by Crippen LogP contribution is 2.34. The van der Waals surface area contributed by atoms with Crippen LogP contribution in [-0.2, 0) is 11.2 Å². The number of benzene rings is 3. The van der Waals surface area contributed by atoms with Crippen LogP contribution in [0.1, 0.15) is 17.2 Å². The molecule has 3 aromatic rings. The molecule has 0 unspecified atom stereocenters. The van der Waals surface area contributed by atoms with Crippen LogP contribution in [0.15, 0.2) is 82.9 Å². The number of rotatable bonds is 8. The number of aliphatic hydroxyl groups excluding tert-OH is 2. The second-order valence-electron chi connectivity index (χ2n) is 7.95. The maximum Gasteiger partial charge on any atom is 0.271 e. The van der Waals surface area contributed by atoms with E-state index in [1.165, 1.54) is 42.5 Å². The Morgan fingerprint density at radius 1 is 1.03 bits per heavy atom. The van der Waals surface area contributed by atoms with Gasteiger partial charge in [0.15, 0.2) is 6.23 Å². The normalized spacial score (nSPS) is 15.6. The monoisotopic (exact) mass is 504 g/mol. The van der Waals surface area contributed by atoms with Gasteiger partial charge in [-0.05, 0) is 29.3 Å². The second-order valence-corrected chi connectivity index (χ2v) is 7.95. The van der Waals surface area contributed by atoms with Gasteiger partial charge in [-0.2, -0.15) is 5.10 Å². The van der Waals surface area contributed by atoms with E-state index < -0.39 is 28.1 Å². The quantitative estimate of drug-likeness (QED) is 0.204. The van der Waals surface area contributed by atoms with Crippen molar-refractivity contribution in [3.8, 4) is 0 Å². The number of fused-ring (bicyclic) bond motifs is 1. The predicted molar refractivity (Wildman–Crippen MR) is 134 cm³/mol. The molecule has 4 rings (SSSR count). The van der Waals surface area contributed by atoms with Gasteiger partial charge in [-0.15, -0.1) is 0 Å². The standard InChI is InChI=1S/C24H20N6O7/c31-20(12-14-4-2-1-3-5-14)27-28-21(23(32)15-6-8-16(9-7-15)29(34)35)22-24(33)26-19-13-17(30(36)37)10-11-18(19)25-22/h1-11,13,23-24,26,32-33H,12H2,(H,27,31)/b28-21-/t23-,24+/m1/s1. The fraction of sp³-hybridized carbons (Fsp3) is 0.125. The fourth-order valence-corrected chi connectivity index (χ4v) is 3.59. The van der Waals surface area contributed by atoms with Crippen molar-refractivity contribution < 1.29 is 24.9 Å². The van der Waals surface area contributed by atoms with Crippen LogP contribution >= 0.6 is 0 Å². The minimum Gasteiger partial charge on any atom is -0.382 e. The zero-order valence-corrected chi connectivity index (χ0v) is 19.0. The molecule has 37 heavy (non-hydrogen) atoms. The highest BCUT2D eigenvalue weighted by molar-refractivity contribution is 6.46. The number of carbonyl (C=O) groups excluding carboxylic acids is 1. The van der Waals surface area contributed by atoms with Gasteiger partial charge in [0.05, 0.1) is 27.6 Å². The van der Waals surface area contributed by atoms with Gasteiger partial charge in [0.2, 0.25) is 5.91 Å². The first kappa shape index (κ1) is 25.1. The Balaban J connectivity index is 1.69. The Bertz CT molecular complexity index is 1410. The zero-order chi connectivity index (χ0) is 26.5. The van der Waals surface area contributed by atoms with Crippen molar-refractivity contribution in [2.24, 2.45) is 10.1 Å². The van der Waals surface area contributed by atoms with Gasteiger partial charge in [-0.25, -0.2) is 10.4 Å². The summed E-state index contributed by atoms with van der Waals surface area (Å²) in [6.45, 7) is 0. The van der Waals surface area contributed by atoms with Gasteiger partial charge in [0, 0.05) is 24.3 Å². The van der Waals surface area contributed by atoms with Crippen LogP contribution in [0.5, 0.6) is 0 Å². The van der Waals surface area contributed by atoms with Crippen molar-refractivity contribution in [1.82, 2.24) is 5.43 Å². The van der Waals surface area contributed by atoms with Gasteiger partial charge < -0.3 is 15.5 Å². The Morgan fingerprint density at radius 2 is 1.68 bits per heavy atom. The van der Waals surface area contributed by atoms with Crippen LogP contribution in [0.4, 0.5) is 22.7 Å². The molecular formula is C24H20N6O7. The molecule has 0 saturated heterocycles. The van der Waals surface area contributed by atoms with E-state index >= 15 is 0 Å². The molecular weight excluding hydrogens is 484 g/mol. The molecule has 13 heteroatoms. The minimum atomic E-state index is -1.55. The van der Waals surface area contributed by atoms with Gasteiger partial charge in [0.1, 0.15) is 17.5 Å². The maximum absolute atomic E-state index is 12.5. The molecule has 0 aromatic heterocycles. The zero-order valence-electron chi connectivity index (χ0n) is 19.0. The smallest absolute Gasteiger partial charge is 0.271 e. The highest BCUT2D eigenvalue weighted by Gasteiger charge is 2.31. The van der Waals surface area contributed by atoms with E-state index in [9.17, 15) is 35.2 Å². The van der Waals surface area contributed by atoms with Crippen molar-refractivity contribution in [3.63, 3.8) is 0 Å². The third-order valence-corrected chi connectivity index (χ3v) is 5.43. The van der Waals surface area contributed by atoms with Crippen molar-refractivity contribution in [2.45, 2.75) is 18.8 Å². The van der Waals surface area contributed by atoms with E-state index in [-0.39, 0.29) is 46.2 Å². The predicted octanol–water partition coefficient (Wildman–Crippen LogP) is 2.77. The van der Waals surface area contributed by atoms with E-state index in [4.69, 9.17) is 0 Å². The van der Waals surface area contributed by atoms with Crippen molar-refractivity contribution in [2.75, 3.05) is 5.32 Å². The number of aliphatic imine (C=N–C) groups is 1. The van der Waals surface area contributed by atoms with Crippen LogP contribution in [0.2, 0.25) is 0 Å². The molecule has 1 amide bonds. The number of aliphatic hydroxyl groups is 2. The summed E-state index contributed by atoms with van der Waals surface area (Å²) in [6, 6.07) is 17.6. The number of nitrogens with one attached hydrogen (secondary N) is 2. The summed E-state index contributed by atoms with van der Waals surface area (Å²) in [5, 5.41) is 50.6. The van der Waals surface area contributed by atoms with Gasteiger partial charge >= 0.3 is 0 Å². The van der Waals surface area contributed by atoms with Gasteiger partial charge in [-0.3, -0.25) is 25.0 Å². The lowest BCUT2D eigenvalue weighted by Crippen LogP contribution is -2.40. The lowest BCUT2D eigenvalue weighted by molar-refractivity contribution is -0.385. The number of nitro groups is 2. The lowest BCUT2D eigenvalue weighted by atomic mass is 9.99. The number of nitro benzene ring substituents is 2. The Hall–Kier alpha value is -5.01. The van der Waals surface area contributed by atoms with Crippen molar-refractivity contribution in [3.05, 3.63) is 104 Å². The summed E-state index contributed by atoms with van der Waals surface area (Å²) in [5.74, 6) is -0.505. The summed E-state index contributed by atoms with van der Waals surface area (Å²) in [4.78, 5) is 37.7. The van der Waals surface area contributed by atoms with Gasteiger partial charge in [0.25, 0.3) is 11.4 Å². The molecule has 1 aliphatic rings. The van der Waals surface area contributed by atoms with Crippen LogP contribution in [-0.4, -0.2) is 43.6 Å². The Labute approximate surface area is 209 Å². The lowest BCUT2D eigenvalue weighted by Gasteiger charge is -2.25. The first-order chi connectivity index (χ1) is 17.7. The number of amides is 1. The summed E-state index contributed by atoms with van der Waals surface area (Å²) < 4.78 is 0. The maximum atomic E-state index is 12.5. The molecule has 13 nitrogen and oxygen atoms in total. The Kier molecular flexibility index (Phi) is 7.27. The number of hydrazone groups is 1. The average Bonchev–Trinajstić information content (AvgIpc) is 2.89. The SMILES string of the molecule is O=C(Cc1ccccc1)N/N=C(/C1=Nc2ccc([N+](=O)[O-])cc2N[C@H]1O)[C@H](O)c1ccc([N+](=O)[O-])cc1. The summed E-state index contributed by atoms with van der Waals surface area (Å²) in [7, 11) is 0. The molecule has 3 aromatic carbocycles. The van der Waals surface area contributed by atoms with E-state index in [1.54, 1.807) is 30.3 Å². The molecule has 188 valence electrons. The van der Waals surface area contributed by atoms with E-state index in [0.29, 0.717) is 0 Å². The van der Waals surface area contributed by atoms with Crippen LogP contribution < -0.4 is 10.7 Å². The number of carbonyl (C=O) groups is 1. The number of nitrogens with zero attached hydrogens (tertiary/aromatic N) is 4.